The van der Waals surface area contributed by atoms with Crippen LogP contribution in [0.1, 0.15) is 26.2 Å². The van der Waals surface area contributed by atoms with Crippen LogP contribution in [-0.2, 0) is 4.79 Å². The van der Waals surface area contributed by atoms with E-state index in [1.165, 1.54) is 0 Å². The highest BCUT2D eigenvalue weighted by Crippen LogP contribution is 2.29. The van der Waals surface area contributed by atoms with Crippen molar-refractivity contribution >= 4 is 23.8 Å². The van der Waals surface area contributed by atoms with E-state index >= 15 is 0 Å². The number of carbonyl (C=O) groups is 2. The van der Waals surface area contributed by atoms with E-state index < -0.39 is 23.6 Å². The Morgan fingerprint density at radius 2 is 2.00 bits per heavy atom. The lowest BCUT2D eigenvalue weighted by Crippen LogP contribution is -2.46. The average molecular weight is 302 g/mol. The van der Waals surface area contributed by atoms with Crippen LogP contribution in [0.2, 0.25) is 0 Å². The van der Waals surface area contributed by atoms with Crippen molar-refractivity contribution in [2.45, 2.75) is 37.7 Å². The topological polar surface area (TPSA) is 78.4 Å². The maximum atomic E-state index is 11.8. The molecular weight excluding hydrogens is 285 g/mol. The van der Waals surface area contributed by atoms with Gasteiger partial charge in [0.05, 0.1) is 0 Å². The van der Waals surface area contributed by atoms with Gasteiger partial charge in [-0.3, -0.25) is 0 Å². The number of carbonyl (C=O) groups excluding carboxylic acids is 1. The molecule has 0 aromatic carbocycles. The van der Waals surface area contributed by atoms with E-state index in [9.17, 15) is 22.8 Å². The molecule has 0 rings (SSSR count). The Hall–Kier alpha value is -1.12. The highest BCUT2D eigenvalue weighted by molar-refractivity contribution is 8.00. The second-order valence-electron chi connectivity index (χ2n) is 3.73. The number of amides is 2. The molecule has 0 aliphatic carbocycles. The first kappa shape index (κ1) is 17.9. The Morgan fingerprint density at radius 1 is 1.37 bits per heavy atom. The predicted molar refractivity (Wildman–Crippen MR) is 66.0 cm³/mol. The summed E-state index contributed by atoms with van der Waals surface area (Å²) < 4.78 is 35.4. The SMILES string of the molecule is CCCCC(NC(=O)NCCSC(F)(F)F)C(=O)O. The molecule has 0 radical (unpaired) electrons. The van der Waals surface area contributed by atoms with Gasteiger partial charge in [0.1, 0.15) is 6.04 Å². The molecule has 9 heteroatoms. The largest absolute Gasteiger partial charge is 0.480 e. The van der Waals surface area contributed by atoms with Gasteiger partial charge in [0.25, 0.3) is 0 Å². The number of urea groups is 1. The monoisotopic (exact) mass is 302 g/mol. The highest BCUT2D eigenvalue weighted by Gasteiger charge is 2.27. The number of halogens is 3. The van der Waals surface area contributed by atoms with Gasteiger partial charge in [-0.1, -0.05) is 19.8 Å². The van der Waals surface area contributed by atoms with Crippen LogP contribution in [-0.4, -0.2) is 41.0 Å². The molecule has 0 aromatic heterocycles. The summed E-state index contributed by atoms with van der Waals surface area (Å²) in [5.41, 5.74) is -4.33. The number of unbranched alkanes of at least 4 members (excludes halogenated alkanes) is 1. The zero-order valence-electron chi connectivity index (χ0n) is 10.4. The van der Waals surface area contributed by atoms with E-state index in [0.717, 1.165) is 6.42 Å². The number of hydrogen-bond acceptors (Lipinski definition) is 3. The van der Waals surface area contributed by atoms with Crippen LogP contribution in [0.25, 0.3) is 0 Å². The molecule has 3 N–H and O–H groups in total. The first-order valence-electron chi connectivity index (χ1n) is 5.74. The number of carboxylic acids is 1. The van der Waals surface area contributed by atoms with Gasteiger partial charge in [-0.15, -0.1) is 0 Å². The Bertz CT molecular complexity index is 300. The quantitative estimate of drug-likeness (QED) is 0.601. The van der Waals surface area contributed by atoms with Crippen molar-refractivity contribution in [3.8, 4) is 0 Å². The van der Waals surface area contributed by atoms with Crippen LogP contribution in [0.5, 0.6) is 0 Å². The lowest BCUT2D eigenvalue weighted by molar-refractivity contribution is -0.139. The summed E-state index contributed by atoms with van der Waals surface area (Å²) in [4.78, 5) is 22.1. The third-order valence-electron chi connectivity index (χ3n) is 2.10. The van der Waals surface area contributed by atoms with E-state index in [4.69, 9.17) is 5.11 Å². The number of aliphatic carboxylic acids is 1. The Morgan fingerprint density at radius 3 is 2.47 bits per heavy atom. The summed E-state index contributed by atoms with van der Waals surface area (Å²) in [5, 5.41) is 13.2. The first-order valence-corrected chi connectivity index (χ1v) is 6.72. The zero-order valence-corrected chi connectivity index (χ0v) is 11.2. The summed E-state index contributed by atoms with van der Waals surface area (Å²) in [5.74, 6) is -1.47. The maximum absolute atomic E-state index is 11.8. The third kappa shape index (κ3) is 10.5. The summed E-state index contributed by atoms with van der Waals surface area (Å²) in [6.07, 6.45) is 1.72. The normalized spacial score (nSPS) is 12.8. The highest BCUT2D eigenvalue weighted by atomic mass is 32.2. The molecular formula is C10H17F3N2O3S. The molecule has 112 valence electrons. The fraction of sp³-hybridized carbons (Fsp3) is 0.800. The first-order chi connectivity index (χ1) is 8.76. The molecule has 1 unspecified atom stereocenters. The van der Waals surface area contributed by atoms with Crippen LogP contribution >= 0.6 is 11.8 Å². The molecule has 0 bridgehead atoms. The van der Waals surface area contributed by atoms with E-state index in [1.54, 1.807) is 0 Å². The molecule has 19 heavy (non-hydrogen) atoms. The third-order valence-corrected chi connectivity index (χ3v) is 2.84. The van der Waals surface area contributed by atoms with Crippen LogP contribution < -0.4 is 10.6 Å². The van der Waals surface area contributed by atoms with Gasteiger partial charge in [-0.05, 0) is 18.2 Å². The predicted octanol–water partition coefficient (Wildman–Crippen LogP) is 2.18. The van der Waals surface area contributed by atoms with Crippen LogP contribution in [0, 0.1) is 0 Å². The van der Waals surface area contributed by atoms with E-state index in [-0.39, 0.29) is 30.5 Å². The number of hydrogen-bond donors (Lipinski definition) is 3. The molecule has 0 aliphatic rings. The second kappa shape index (κ2) is 8.89. The van der Waals surface area contributed by atoms with Gasteiger partial charge in [0, 0.05) is 12.3 Å². The smallest absolute Gasteiger partial charge is 0.441 e. The number of carboxylic acid groups (broad SMARTS) is 1. The number of alkyl halides is 3. The van der Waals surface area contributed by atoms with E-state index in [0.29, 0.717) is 6.42 Å². The summed E-state index contributed by atoms with van der Waals surface area (Å²) in [6, 6.07) is -1.79. The standard InChI is InChI=1S/C10H17F3N2O3S/c1-2-3-4-7(8(16)17)15-9(18)14-5-6-19-10(11,12)13/h7H,2-6H2,1H3,(H,16,17)(H2,14,15,18). The molecule has 0 fully saturated rings. The van der Waals surface area contributed by atoms with Crippen molar-refractivity contribution in [2.24, 2.45) is 0 Å². The van der Waals surface area contributed by atoms with Crippen molar-refractivity contribution in [2.75, 3.05) is 12.3 Å². The molecule has 0 aromatic rings. The fourth-order valence-electron chi connectivity index (χ4n) is 1.21. The maximum Gasteiger partial charge on any atom is 0.441 e. The fourth-order valence-corrected chi connectivity index (χ4v) is 1.64. The minimum Gasteiger partial charge on any atom is -0.480 e. The van der Waals surface area contributed by atoms with Gasteiger partial charge in [-0.25, -0.2) is 9.59 Å². The molecule has 0 aliphatic heterocycles. The Balaban J connectivity index is 3.90. The molecule has 0 saturated carbocycles. The zero-order chi connectivity index (χ0) is 14.9. The average Bonchev–Trinajstić information content (AvgIpc) is 2.28. The Labute approximate surface area is 113 Å². The molecule has 2 amide bonds. The summed E-state index contributed by atoms with van der Waals surface area (Å²) in [6.45, 7) is 1.70. The molecule has 0 spiro atoms. The number of rotatable bonds is 8. The summed E-state index contributed by atoms with van der Waals surface area (Å²) >= 11 is -0.244. The Kier molecular flexibility index (Phi) is 8.37. The van der Waals surface area contributed by atoms with Gasteiger partial charge >= 0.3 is 17.5 Å². The van der Waals surface area contributed by atoms with Crippen LogP contribution in [0.4, 0.5) is 18.0 Å². The van der Waals surface area contributed by atoms with Gasteiger partial charge < -0.3 is 15.7 Å². The van der Waals surface area contributed by atoms with E-state index in [2.05, 4.69) is 10.6 Å². The van der Waals surface area contributed by atoms with Crippen LogP contribution in [0.15, 0.2) is 0 Å². The minimum absolute atomic E-state index is 0.184. The number of nitrogens with one attached hydrogen (secondary N) is 2. The van der Waals surface area contributed by atoms with Crippen LogP contribution in [0.3, 0.4) is 0 Å². The lowest BCUT2D eigenvalue weighted by atomic mass is 10.1. The van der Waals surface area contributed by atoms with Crippen molar-refractivity contribution < 1.29 is 27.9 Å². The number of thioether (sulfide) groups is 1. The minimum atomic E-state index is -4.33. The molecule has 0 heterocycles. The second-order valence-corrected chi connectivity index (χ2v) is 4.89. The van der Waals surface area contributed by atoms with Gasteiger partial charge in [0.15, 0.2) is 0 Å². The molecule has 0 saturated heterocycles. The lowest BCUT2D eigenvalue weighted by Gasteiger charge is -2.14. The van der Waals surface area contributed by atoms with Gasteiger partial charge in [0.2, 0.25) is 0 Å². The summed E-state index contributed by atoms with van der Waals surface area (Å²) in [7, 11) is 0. The van der Waals surface area contributed by atoms with E-state index in [1.807, 2.05) is 6.92 Å². The van der Waals surface area contributed by atoms with Crippen molar-refractivity contribution in [3.63, 3.8) is 0 Å². The van der Waals surface area contributed by atoms with Crippen molar-refractivity contribution in [1.82, 2.24) is 10.6 Å². The van der Waals surface area contributed by atoms with Crippen molar-refractivity contribution in [1.29, 1.82) is 0 Å². The molecule has 5 nitrogen and oxygen atoms in total. The van der Waals surface area contributed by atoms with Gasteiger partial charge in [-0.2, -0.15) is 13.2 Å². The molecule has 1 atom stereocenters. The van der Waals surface area contributed by atoms with Crippen molar-refractivity contribution in [3.05, 3.63) is 0 Å².